The van der Waals surface area contributed by atoms with Crippen LogP contribution < -0.4 is 10.6 Å². The number of hydrogen-bond donors (Lipinski definition) is 2. The van der Waals surface area contributed by atoms with Crippen LogP contribution in [0.3, 0.4) is 0 Å². The molecule has 0 aromatic carbocycles. The van der Waals surface area contributed by atoms with Crippen molar-refractivity contribution in [2.45, 2.75) is 26.7 Å². The Hall–Kier alpha value is -1.36. The zero-order valence-electron chi connectivity index (χ0n) is 10.4. The number of amides is 1. The van der Waals surface area contributed by atoms with E-state index >= 15 is 0 Å². The number of nitrogens with zero attached hydrogens (tertiary/aromatic N) is 1. The lowest BCUT2D eigenvalue weighted by atomic mass is 9.81. The molecule has 1 fully saturated rings. The van der Waals surface area contributed by atoms with Crippen LogP contribution in [-0.2, 0) is 0 Å². The maximum atomic E-state index is 11.9. The first kappa shape index (κ1) is 12.1. The number of carbonyl (C=O) groups is 1. The van der Waals surface area contributed by atoms with Gasteiger partial charge in [0.05, 0.1) is 6.20 Å². The van der Waals surface area contributed by atoms with Gasteiger partial charge in [0.1, 0.15) is 11.3 Å². The lowest BCUT2D eigenvalue weighted by Gasteiger charge is -2.34. The molecule has 2 rings (SSSR count). The molecule has 0 aliphatic carbocycles. The largest absolute Gasteiger partial charge is 0.361 e. The molecular formula is C12H19N3O2. The summed E-state index contributed by atoms with van der Waals surface area (Å²) in [6.07, 6.45) is 3.65. The van der Waals surface area contributed by atoms with Crippen LogP contribution in [0.25, 0.3) is 0 Å². The Labute approximate surface area is 101 Å². The molecular weight excluding hydrogens is 218 g/mol. The number of aryl methyl sites for hydroxylation is 1. The van der Waals surface area contributed by atoms with E-state index in [2.05, 4.69) is 22.7 Å². The summed E-state index contributed by atoms with van der Waals surface area (Å²) in [5.41, 5.74) is 0.731. The number of piperidine rings is 1. The topological polar surface area (TPSA) is 67.2 Å². The predicted octanol–water partition coefficient (Wildman–Crippen LogP) is 1.10. The Morgan fingerprint density at radius 3 is 2.88 bits per heavy atom. The van der Waals surface area contributed by atoms with Gasteiger partial charge in [-0.1, -0.05) is 12.1 Å². The minimum Gasteiger partial charge on any atom is -0.361 e. The minimum atomic E-state index is -0.0940. The Bertz CT molecular complexity index is 394. The average molecular weight is 237 g/mol. The molecule has 5 nitrogen and oxygen atoms in total. The third kappa shape index (κ3) is 2.85. The lowest BCUT2D eigenvalue weighted by Crippen LogP contribution is -2.42. The highest BCUT2D eigenvalue weighted by Crippen LogP contribution is 2.26. The van der Waals surface area contributed by atoms with Gasteiger partial charge in [-0.25, -0.2) is 0 Å². The summed E-state index contributed by atoms with van der Waals surface area (Å²) >= 11 is 0. The van der Waals surface area contributed by atoms with E-state index in [1.54, 1.807) is 6.92 Å². The zero-order chi connectivity index (χ0) is 12.3. The highest BCUT2D eigenvalue weighted by atomic mass is 16.5. The monoisotopic (exact) mass is 237 g/mol. The average Bonchev–Trinajstić information content (AvgIpc) is 2.74. The van der Waals surface area contributed by atoms with Gasteiger partial charge in [-0.3, -0.25) is 4.79 Å². The van der Waals surface area contributed by atoms with E-state index in [4.69, 9.17) is 4.52 Å². The predicted molar refractivity (Wildman–Crippen MR) is 63.8 cm³/mol. The van der Waals surface area contributed by atoms with Crippen molar-refractivity contribution in [1.82, 2.24) is 15.8 Å². The molecule has 2 heterocycles. The number of aromatic nitrogens is 1. The van der Waals surface area contributed by atoms with Gasteiger partial charge in [0, 0.05) is 6.54 Å². The van der Waals surface area contributed by atoms with Crippen molar-refractivity contribution in [3.8, 4) is 0 Å². The van der Waals surface area contributed by atoms with Crippen molar-refractivity contribution in [3.63, 3.8) is 0 Å². The molecule has 17 heavy (non-hydrogen) atoms. The molecule has 0 atom stereocenters. The molecule has 1 aliphatic heterocycles. The van der Waals surface area contributed by atoms with Crippen LogP contribution in [0, 0.1) is 12.3 Å². The Morgan fingerprint density at radius 1 is 1.59 bits per heavy atom. The summed E-state index contributed by atoms with van der Waals surface area (Å²) < 4.78 is 4.88. The van der Waals surface area contributed by atoms with E-state index in [9.17, 15) is 4.79 Å². The summed E-state index contributed by atoms with van der Waals surface area (Å²) in [4.78, 5) is 11.9. The quantitative estimate of drug-likeness (QED) is 0.826. The van der Waals surface area contributed by atoms with E-state index in [-0.39, 0.29) is 11.3 Å². The number of rotatable bonds is 3. The zero-order valence-corrected chi connectivity index (χ0v) is 10.4. The van der Waals surface area contributed by atoms with E-state index in [1.165, 1.54) is 6.20 Å². The fraction of sp³-hybridized carbons (Fsp3) is 0.667. The molecule has 0 bridgehead atoms. The van der Waals surface area contributed by atoms with Crippen molar-refractivity contribution in [2.24, 2.45) is 5.41 Å². The molecule has 1 aliphatic rings. The van der Waals surface area contributed by atoms with Crippen molar-refractivity contribution < 1.29 is 9.32 Å². The molecule has 1 amide bonds. The lowest BCUT2D eigenvalue weighted by molar-refractivity contribution is 0.0920. The molecule has 1 saturated heterocycles. The standard InChI is InChI=1S/C12H19N3O2/c1-9-10(7-15-17-9)11(16)14-8-12(2)3-5-13-6-4-12/h7,13H,3-6,8H2,1-2H3,(H,14,16). The number of hydrogen-bond acceptors (Lipinski definition) is 4. The van der Waals surface area contributed by atoms with Crippen molar-refractivity contribution in [2.75, 3.05) is 19.6 Å². The summed E-state index contributed by atoms with van der Waals surface area (Å²) in [6.45, 7) is 6.72. The van der Waals surface area contributed by atoms with Crippen molar-refractivity contribution in [1.29, 1.82) is 0 Å². The van der Waals surface area contributed by atoms with Crippen LogP contribution >= 0.6 is 0 Å². The first-order chi connectivity index (χ1) is 8.11. The molecule has 0 radical (unpaired) electrons. The highest BCUT2D eigenvalue weighted by Gasteiger charge is 2.27. The van der Waals surface area contributed by atoms with Crippen molar-refractivity contribution in [3.05, 3.63) is 17.5 Å². The van der Waals surface area contributed by atoms with E-state index < -0.39 is 0 Å². The summed E-state index contributed by atoms with van der Waals surface area (Å²) in [5.74, 6) is 0.474. The highest BCUT2D eigenvalue weighted by molar-refractivity contribution is 5.94. The summed E-state index contributed by atoms with van der Waals surface area (Å²) in [6, 6.07) is 0. The van der Waals surface area contributed by atoms with Gasteiger partial charge in [0.25, 0.3) is 5.91 Å². The van der Waals surface area contributed by atoms with Crippen LogP contribution in [0.1, 0.15) is 35.9 Å². The third-order valence-corrected chi connectivity index (χ3v) is 3.48. The second-order valence-electron chi connectivity index (χ2n) is 5.04. The number of carbonyl (C=O) groups excluding carboxylic acids is 1. The summed E-state index contributed by atoms with van der Waals surface area (Å²) in [7, 11) is 0. The molecule has 5 heteroatoms. The normalized spacial score (nSPS) is 18.9. The second-order valence-corrected chi connectivity index (χ2v) is 5.04. The fourth-order valence-electron chi connectivity index (χ4n) is 2.11. The third-order valence-electron chi connectivity index (χ3n) is 3.48. The van der Waals surface area contributed by atoms with Gasteiger partial charge in [-0.05, 0) is 38.3 Å². The van der Waals surface area contributed by atoms with Crippen LogP contribution in [0.5, 0.6) is 0 Å². The summed E-state index contributed by atoms with van der Waals surface area (Å²) in [5, 5.41) is 9.90. The van der Waals surface area contributed by atoms with Gasteiger partial charge in [-0.2, -0.15) is 0 Å². The molecule has 1 aromatic rings. The second kappa shape index (κ2) is 4.87. The molecule has 0 unspecified atom stereocenters. The molecule has 94 valence electrons. The molecule has 1 aromatic heterocycles. The molecule has 0 spiro atoms. The Balaban J connectivity index is 1.90. The van der Waals surface area contributed by atoms with E-state index in [0.29, 0.717) is 17.9 Å². The first-order valence-electron chi connectivity index (χ1n) is 6.01. The molecule has 2 N–H and O–H groups in total. The van der Waals surface area contributed by atoms with Gasteiger partial charge in [-0.15, -0.1) is 0 Å². The Morgan fingerprint density at radius 2 is 2.29 bits per heavy atom. The van der Waals surface area contributed by atoms with Gasteiger partial charge >= 0.3 is 0 Å². The maximum absolute atomic E-state index is 11.9. The van der Waals surface area contributed by atoms with E-state index in [0.717, 1.165) is 25.9 Å². The molecule has 0 saturated carbocycles. The SMILES string of the molecule is Cc1oncc1C(=O)NCC1(C)CCNCC1. The van der Waals surface area contributed by atoms with Crippen LogP contribution in [0.2, 0.25) is 0 Å². The van der Waals surface area contributed by atoms with Crippen LogP contribution in [0.4, 0.5) is 0 Å². The van der Waals surface area contributed by atoms with Gasteiger partial charge in [0.15, 0.2) is 0 Å². The van der Waals surface area contributed by atoms with Crippen LogP contribution in [0.15, 0.2) is 10.7 Å². The maximum Gasteiger partial charge on any atom is 0.256 e. The number of nitrogens with one attached hydrogen (secondary N) is 2. The smallest absolute Gasteiger partial charge is 0.256 e. The minimum absolute atomic E-state index is 0.0940. The fourth-order valence-corrected chi connectivity index (χ4v) is 2.11. The Kier molecular flexibility index (Phi) is 3.47. The van der Waals surface area contributed by atoms with E-state index in [1.807, 2.05) is 0 Å². The van der Waals surface area contributed by atoms with Crippen LogP contribution in [-0.4, -0.2) is 30.7 Å². The first-order valence-corrected chi connectivity index (χ1v) is 6.01. The van der Waals surface area contributed by atoms with Gasteiger partial charge in [0.2, 0.25) is 0 Å². The van der Waals surface area contributed by atoms with Crippen molar-refractivity contribution >= 4 is 5.91 Å². The van der Waals surface area contributed by atoms with Gasteiger partial charge < -0.3 is 15.2 Å².